The molecule has 0 radical (unpaired) electrons. The SMILES string of the molecule is CCCCCCCCCCCCCC=C[C@@H](O)[C@H](CO[C@@H]1O[C@H](CO)[C@H](O)[C@H](OS(=O)(=O)O)[C@H]1O)NC(=O)CCCCCCCCCCCCCCCCC. The molecule has 55 heavy (non-hydrogen) atoms. The fourth-order valence-electron chi connectivity index (χ4n) is 7.10. The Kier molecular flexibility index (Phi) is 31.8. The predicted molar refractivity (Wildman–Crippen MR) is 218 cm³/mol. The van der Waals surface area contributed by atoms with E-state index in [4.69, 9.17) is 14.0 Å². The highest BCUT2D eigenvalue weighted by atomic mass is 32.3. The van der Waals surface area contributed by atoms with E-state index in [-0.39, 0.29) is 18.9 Å². The first-order valence-electron chi connectivity index (χ1n) is 22.1. The summed E-state index contributed by atoms with van der Waals surface area (Å²) in [6.45, 7) is 3.37. The Bertz CT molecular complexity index is 1050. The van der Waals surface area contributed by atoms with Gasteiger partial charge in [0.25, 0.3) is 0 Å². The van der Waals surface area contributed by atoms with Crippen LogP contribution in [0.4, 0.5) is 0 Å². The van der Waals surface area contributed by atoms with E-state index in [1.54, 1.807) is 6.08 Å². The van der Waals surface area contributed by atoms with Gasteiger partial charge in [-0.1, -0.05) is 180 Å². The zero-order valence-corrected chi connectivity index (χ0v) is 35.3. The van der Waals surface area contributed by atoms with Gasteiger partial charge in [0, 0.05) is 6.42 Å². The third-order valence-corrected chi connectivity index (χ3v) is 11.0. The van der Waals surface area contributed by atoms with Gasteiger partial charge in [0.1, 0.15) is 24.4 Å². The quantitative estimate of drug-likeness (QED) is 0.0203. The van der Waals surface area contributed by atoms with Crippen LogP contribution >= 0.6 is 0 Å². The minimum Gasteiger partial charge on any atom is -0.394 e. The number of aliphatic hydroxyl groups is 4. The normalized spacial score (nSPS) is 21.6. The first kappa shape index (κ1) is 51.9. The van der Waals surface area contributed by atoms with E-state index in [1.165, 1.54) is 128 Å². The summed E-state index contributed by atoms with van der Waals surface area (Å²) >= 11 is 0. The van der Waals surface area contributed by atoms with E-state index in [1.807, 2.05) is 6.08 Å². The van der Waals surface area contributed by atoms with Crippen LogP contribution < -0.4 is 5.32 Å². The Labute approximate surface area is 334 Å². The van der Waals surface area contributed by atoms with Gasteiger partial charge in [0.2, 0.25) is 5.91 Å². The Morgan fingerprint density at radius 1 is 0.709 bits per heavy atom. The van der Waals surface area contributed by atoms with Crippen molar-refractivity contribution < 1.29 is 51.8 Å². The predicted octanol–water partition coefficient (Wildman–Crippen LogP) is 7.99. The summed E-state index contributed by atoms with van der Waals surface area (Å²) in [5, 5.41) is 44.6. The lowest BCUT2D eigenvalue weighted by Gasteiger charge is -2.41. The maximum Gasteiger partial charge on any atom is 0.397 e. The molecule has 1 fully saturated rings. The van der Waals surface area contributed by atoms with Crippen LogP contribution in [-0.4, -0.2) is 95.4 Å². The molecule has 0 saturated carbocycles. The molecule has 0 aromatic carbocycles. The molecule has 0 aliphatic carbocycles. The van der Waals surface area contributed by atoms with Crippen LogP contribution in [0, 0.1) is 0 Å². The summed E-state index contributed by atoms with van der Waals surface area (Å²) in [6.07, 6.45) is 26.8. The summed E-state index contributed by atoms with van der Waals surface area (Å²) in [4.78, 5) is 13.0. The second-order valence-electron chi connectivity index (χ2n) is 15.6. The van der Waals surface area contributed by atoms with Gasteiger partial charge in [-0.25, -0.2) is 4.18 Å². The summed E-state index contributed by atoms with van der Waals surface area (Å²) in [7, 11) is -5.08. The molecule has 1 heterocycles. The molecule has 1 saturated heterocycles. The Morgan fingerprint density at radius 3 is 1.58 bits per heavy atom. The van der Waals surface area contributed by atoms with Gasteiger partial charge in [-0.3, -0.25) is 9.35 Å². The number of rotatable bonds is 37. The largest absolute Gasteiger partial charge is 0.397 e. The summed E-state index contributed by atoms with van der Waals surface area (Å²) in [5.74, 6) is -0.262. The minimum atomic E-state index is -5.08. The summed E-state index contributed by atoms with van der Waals surface area (Å²) in [6, 6.07) is -0.936. The van der Waals surface area contributed by atoms with E-state index in [2.05, 4.69) is 23.3 Å². The zero-order chi connectivity index (χ0) is 40.6. The maximum atomic E-state index is 13.0. The molecule has 1 amide bonds. The number of hydrogen-bond donors (Lipinski definition) is 6. The van der Waals surface area contributed by atoms with Gasteiger partial charge in [-0.05, 0) is 19.3 Å². The van der Waals surface area contributed by atoms with E-state index in [0.717, 1.165) is 38.5 Å². The first-order chi connectivity index (χ1) is 26.5. The smallest absolute Gasteiger partial charge is 0.394 e. The van der Waals surface area contributed by atoms with Gasteiger partial charge >= 0.3 is 10.4 Å². The monoisotopic (exact) mass is 808 g/mol. The van der Waals surface area contributed by atoms with Crippen LogP contribution in [0.1, 0.15) is 194 Å². The number of amides is 1. The van der Waals surface area contributed by atoms with Crippen molar-refractivity contribution in [3.05, 3.63) is 12.2 Å². The lowest BCUT2D eigenvalue weighted by atomic mass is 9.99. The van der Waals surface area contributed by atoms with Crippen molar-refractivity contribution >= 4 is 16.3 Å². The number of unbranched alkanes of at least 4 members (excludes halogenated alkanes) is 25. The second-order valence-corrected chi connectivity index (χ2v) is 16.7. The summed E-state index contributed by atoms with van der Waals surface area (Å²) < 4.78 is 47.5. The molecule has 0 unspecified atom stereocenters. The number of allylic oxidation sites excluding steroid dienone is 1. The van der Waals surface area contributed by atoms with Crippen molar-refractivity contribution in [1.29, 1.82) is 0 Å². The fourth-order valence-corrected chi connectivity index (χ4v) is 7.61. The lowest BCUT2D eigenvalue weighted by Crippen LogP contribution is -2.61. The molecule has 13 heteroatoms. The average molecular weight is 808 g/mol. The molecule has 0 aromatic rings. The summed E-state index contributed by atoms with van der Waals surface area (Å²) in [5.41, 5.74) is 0. The third kappa shape index (κ3) is 27.2. The third-order valence-electron chi connectivity index (χ3n) is 10.6. The highest BCUT2D eigenvalue weighted by molar-refractivity contribution is 7.80. The van der Waals surface area contributed by atoms with Crippen molar-refractivity contribution in [2.45, 2.75) is 236 Å². The van der Waals surface area contributed by atoms with Crippen molar-refractivity contribution in [2.75, 3.05) is 13.2 Å². The van der Waals surface area contributed by atoms with E-state index >= 15 is 0 Å². The average Bonchev–Trinajstić information content (AvgIpc) is 3.15. The number of carbonyl (C=O) groups is 1. The van der Waals surface area contributed by atoms with Crippen molar-refractivity contribution in [3.8, 4) is 0 Å². The standard InChI is InChI=1S/C42H81NO11S/c1-3-5-7-9-11-13-15-17-18-20-22-24-26-28-30-32-38(46)43-35(36(45)31-29-27-25-23-21-19-16-14-12-10-8-6-4-2)34-52-42-40(48)41(54-55(49,50)51)39(47)37(33-44)53-42/h29,31,35-37,39-42,44-45,47-48H,3-28,30,32-34H2,1-2H3,(H,43,46)(H,49,50,51)/t35-,36+,37+,39-,40+,41-,42+/m0/s1. The van der Waals surface area contributed by atoms with Crippen molar-refractivity contribution in [3.63, 3.8) is 0 Å². The number of aliphatic hydroxyl groups excluding tert-OH is 4. The van der Waals surface area contributed by atoms with Crippen LogP contribution in [0.25, 0.3) is 0 Å². The molecule has 1 aliphatic rings. The number of carbonyl (C=O) groups excluding carboxylic acids is 1. The Hall–Kier alpha value is -1.16. The molecule has 1 aliphatic heterocycles. The Morgan fingerprint density at radius 2 is 1.15 bits per heavy atom. The molecule has 12 nitrogen and oxygen atoms in total. The lowest BCUT2D eigenvalue weighted by molar-refractivity contribution is -0.298. The zero-order valence-electron chi connectivity index (χ0n) is 34.5. The van der Waals surface area contributed by atoms with Crippen molar-refractivity contribution in [2.24, 2.45) is 0 Å². The minimum absolute atomic E-state index is 0.262. The molecule has 326 valence electrons. The number of hydrogen-bond acceptors (Lipinski definition) is 10. The van der Waals surface area contributed by atoms with Gasteiger partial charge in [-0.2, -0.15) is 8.42 Å². The highest BCUT2D eigenvalue weighted by Gasteiger charge is 2.48. The number of ether oxygens (including phenoxy) is 2. The second kappa shape index (κ2) is 33.8. The molecule has 7 atom stereocenters. The topological polar surface area (TPSA) is 192 Å². The van der Waals surface area contributed by atoms with E-state index in [0.29, 0.717) is 6.42 Å². The van der Waals surface area contributed by atoms with Crippen LogP contribution in [0.5, 0.6) is 0 Å². The molecule has 0 bridgehead atoms. The molecule has 0 aromatic heterocycles. The fraction of sp³-hybridized carbons (Fsp3) is 0.929. The van der Waals surface area contributed by atoms with E-state index < -0.39 is 59.9 Å². The van der Waals surface area contributed by atoms with Gasteiger partial charge in [0.15, 0.2) is 6.29 Å². The molecular formula is C42H81NO11S. The van der Waals surface area contributed by atoms with Crippen molar-refractivity contribution in [1.82, 2.24) is 5.32 Å². The van der Waals surface area contributed by atoms with Gasteiger partial charge in [0.05, 0.1) is 25.4 Å². The molecular weight excluding hydrogens is 727 g/mol. The van der Waals surface area contributed by atoms with Gasteiger partial charge in [-0.15, -0.1) is 0 Å². The van der Waals surface area contributed by atoms with Crippen LogP contribution in [0.2, 0.25) is 0 Å². The van der Waals surface area contributed by atoms with Crippen LogP contribution in [0.3, 0.4) is 0 Å². The highest BCUT2D eigenvalue weighted by Crippen LogP contribution is 2.26. The van der Waals surface area contributed by atoms with Crippen LogP contribution in [-0.2, 0) is 28.9 Å². The molecule has 0 spiro atoms. The first-order valence-corrected chi connectivity index (χ1v) is 23.4. The van der Waals surface area contributed by atoms with Gasteiger partial charge < -0.3 is 35.2 Å². The van der Waals surface area contributed by atoms with Crippen LogP contribution in [0.15, 0.2) is 12.2 Å². The van der Waals surface area contributed by atoms with E-state index in [9.17, 15) is 33.6 Å². The molecule has 1 rings (SSSR count). The maximum absolute atomic E-state index is 13.0. The molecule has 6 N–H and O–H groups in total. The Balaban J connectivity index is 2.55. The number of nitrogens with one attached hydrogen (secondary N) is 1.